The fourth-order valence-electron chi connectivity index (χ4n) is 2.11. The fraction of sp³-hybridized carbons (Fsp3) is 0.312. The number of hydrogen-bond acceptors (Lipinski definition) is 2. The zero-order valence-electron chi connectivity index (χ0n) is 11.9. The number of benzene rings is 1. The number of aryl methyl sites for hydroxylation is 1. The van der Waals surface area contributed by atoms with Crippen molar-refractivity contribution in [3.63, 3.8) is 0 Å². The van der Waals surface area contributed by atoms with Crippen LogP contribution >= 0.6 is 15.9 Å². The standard InChI is InChI=1S/C16H19BrN2/c1-11-5-6-14(13(3)12(11)2)10-19(4)16-8-7-15(17)9-18-16/h5-9H,10H2,1-4H3. The highest BCUT2D eigenvalue weighted by Crippen LogP contribution is 2.21. The van der Waals surface area contributed by atoms with Gasteiger partial charge in [0.05, 0.1) is 0 Å². The third kappa shape index (κ3) is 3.16. The largest absolute Gasteiger partial charge is 0.355 e. The molecule has 0 N–H and O–H groups in total. The van der Waals surface area contributed by atoms with E-state index in [9.17, 15) is 0 Å². The molecular weight excluding hydrogens is 300 g/mol. The van der Waals surface area contributed by atoms with E-state index >= 15 is 0 Å². The van der Waals surface area contributed by atoms with Gasteiger partial charge in [0.2, 0.25) is 0 Å². The number of nitrogens with zero attached hydrogens (tertiary/aromatic N) is 2. The van der Waals surface area contributed by atoms with Gasteiger partial charge in [-0.2, -0.15) is 0 Å². The number of rotatable bonds is 3. The lowest BCUT2D eigenvalue weighted by molar-refractivity contribution is 0.887. The summed E-state index contributed by atoms with van der Waals surface area (Å²) in [6.45, 7) is 7.42. The molecule has 1 heterocycles. The second-order valence-electron chi connectivity index (χ2n) is 4.98. The van der Waals surface area contributed by atoms with E-state index in [4.69, 9.17) is 0 Å². The minimum absolute atomic E-state index is 0.877. The molecule has 0 saturated carbocycles. The van der Waals surface area contributed by atoms with E-state index in [0.29, 0.717) is 0 Å². The van der Waals surface area contributed by atoms with Crippen LogP contribution < -0.4 is 4.90 Å². The highest BCUT2D eigenvalue weighted by atomic mass is 79.9. The van der Waals surface area contributed by atoms with Gasteiger partial charge in [-0.25, -0.2) is 4.98 Å². The molecule has 3 heteroatoms. The monoisotopic (exact) mass is 318 g/mol. The molecule has 2 aromatic rings. The molecule has 0 aliphatic rings. The van der Waals surface area contributed by atoms with E-state index < -0.39 is 0 Å². The SMILES string of the molecule is Cc1ccc(CN(C)c2ccc(Br)cn2)c(C)c1C. The molecule has 0 unspecified atom stereocenters. The van der Waals surface area contributed by atoms with Crippen molar-refractivity contribution in [2.24, 2.45) is 0 Å². The van der Waals surface area contributed by atoms with Crippen LogP contribution in [0.3, 0.4) is 0 Å². The van der Waals surface area contributed by atoms with Crippen molar-refractivity contribution in [1.82, 2.24) is 4.98 Å². The van der Waals surface area contributed by atoms with Gasteiger partial charge >= 0.3 is 0 Å². The molecule has 0 amide bonds. The number of pyridine rings is 1. The Morgan fingerprint density at radius 2 is 1.79 bits per heavy atom. The summed E-state index contributed by atoms with van der Waals surface area (Å²) in [7, 11) is 2.07. The number of aromatic nitrogens is 1. The van der Waals surface area contributed by atoms with E-state index in [1.807, 2.05) is 18.3 Å². The Labute approximate surface area is 123 Å². The molecule has 0 aliphatic carbocycles. The van der Waals surface area contributed by atoms with E-state index in [1.165, 1.54) is 22.3 Å². The summed E-state index contributed by atoms with van der Waals surface area (Å²) in [5.74, 6) is 0.987. The topological polar surface area (TPSA) is 16.1 Å². The highest BCUT2D eigenvalue weighted by Gasteiger charge is 2.08. The molecule has 2 nitrogen and oxygen atoms in total. The summed E-state index contributed by atoms with van der Waals surface area (Å²) in [6, 6.07) is 8.46. The molecule has 1 aromatic carbocycles. The number of hydrogen-bond donors (Lipinski definition) is 0. The first kappa shape index (κ1) is 14.1. The molecule has 100 valence electrons. The number of halogens is 1. The van der Waals surface area contributed by atoms with Gasteiger partial charge in [0, 0.05) is 24.3 Å². The van der Waals surface area contributed by atoms with Crippen molar-refractivity contribution in [2.75, 3.05) is 11.9 Å². The molecule has 19 heavy (non-hydrogen) atoms. The second-order valence-corrected chi connectivity index (χ2v) is 5.90. The first-order valence-electron chi connectivity index (χ1n) is 6.37. The molecular formula is C16H19BrN2. The van der Waals surface area contributed by atoms with Crippen LogP contribution in [0, 0.1) is 20.8 Å². The fourth-order valence-corrected chi connectivity index (χ4v) is 2.35. The zero-order valence-corrected chi connectivity index (χ0v) is 13.5. The van der Waals surface area contributed by atoms with E-state index in [1.54, 1.807) is 0 Å². The molecule has 0 fully saturated rings. The smallest absolute Gasteiger partial charge is 0.128 e. The summed E-state index contributed by atoms with van der Waals surface area (Å²) in [5, 5.41) is 0. The average Bonchev–Trinajstić information content (AvgIpc) is 2.40. The quantitative estimate of drug-likeness (QED) is 0.833. The summed E-state index contributed by atoms with van der Waals surface area (Å²) in [5.41, 5.74) is 5.47. The normalized spacial score (nSPS) is 10.6. The maximum Gasteiger partial charge on any atom is 0.128 e. The molecule has 0 aliphatic heterocycles. The van der Waals surface area contributed by atoms with Crippen molar-refractivity contribution in [2.45, 2.75) is 27.3 Å². The van der Waals surface area contributed by atoms with Gasteiger partial charge in [-0.3, -0.25) is 0 Å². The predicted molar refractivity (Wildman–Crippen MR) is 84.7 cm³/mol. The summed E-state index contributed by atoms with van der Waals surface area (Å²) in [4.78, 5) is 6.59. The van der Waals surface area contributed by atoms with Gasteiger partial charge in [-0.05, 0) is 71.1 Å². The summed E-state index contributed by atoms with van der Waals surface area (Å²) >= 11 is 3.41. The Balaban J connectivity index is 2.21. The molecule has 0 saturated heterocycles. The Bertz CT molecular complexity index is 576. The van der Waals surface area contributed by atoms with Gasteiger partial charge in [-0.1, -0.05) is 12.1 Å². The maximum absolute atomic E-state index is 4.42. The van der Waals surface area contributed by atoms with E-state index in [0.717, 1.165) is 16.8 Å². The highest BCUT2D eigenvalue weighted by molar-refractivity contribution is 9.10. The third-order valence-corrected chi connectivity index (χ3v) is 4.15. The van der Waals surface area contributed by atoms with Gasteiger partial charge in [0.15, 0.2) is 0 Å². The maximum atomic E-state index is 4.42. The second kappa shape index (κ2) is 5.74. The van der Waals surface area contributed by atoms with Gasteiger partial charge in [0.1, 0.15) is 5.82 Å². The first-order valence-corrected chi connectivity index (χ1v) is 7.16. The lowest BCUT2D eigenvalue weighted by atomic mass is 9.98. The lowest BCUT2D eigenvalue weighted by Gasteiger charge is -2.20. The van der Waals surface area contributed by atoms with Crippen molar-refractivity contribution in [3.05, 3.63) is 57.2 Å². The Morgan fingerprint density at radius 1 is 1.05 bits per heavy atom. The Morgan fingerprint density at radius 3 is 2.42 bits per heavy atom. The van der Waals surface area contributed by atoms with Crippen molar-refractivity contribution >= 4 is 21.7 Å². The molecule has 0 bridgehead atoms. The van der Waals surface area contributed by atoms with Gasteiger partial charge < -0.3 is 4.90 Å². The van der Waals surface area contributed by atoms with Crippen LogP contribution in [0.5, 0.6) is 0 Å². The predicted octanol–water partition coefficient (Wildman–Crippen LogP) is 4.41. The molecule has 0 radical (unpaired) electrons. The third-order valence-electron chi connectivity index (χ3n) is 3.68. The van der Waals surface area contributed by atoms with Crippen LogP contribution in [0.4, 0.5) is 5.82 Å². The van der Waals surface area contributed by atoms with Crippen LogP contribution in [0.2, 0.25) is 0 Å². The van der Waals surface area contributed by atoms with Crippen molar-refractivity contribution in [1.29, 1.82) is 0 Å². The van der Waals surface area contributed by atoms with Crippen molar-refractivity contribution in [3.8, 4) is 0 Å². The minimum Gasteiger partial charge on any atom is -0.355 e. The summed E-state index contributed by atoms with van der Waals surface area (Å²) < 4.78 is 1.01. The zero-order chi connectivity index (χ0) is 14.0. The number of anilines is 1. The Hall–Kier alpha value is -1.35. The Kier molecular flexibility index (Phi) is 4.25. The first-order chi connectivity index (χ1) is 8.99. The van der Waals surface area contributed by atoms with Crippen LogP contribution in [0.1, 0.15) is 22.3 Å². The lowest BCUT2D eigenvalue weighted by Crippen LogP contribution is -2.18. The van der Waals surface area contributed by atoms with Crippen LogP contribution in [-0.4, -0.2) is 12.0 Å². The van der Waals surface area contributed by atoms with Crippen LogP contribution in [0.15, 0.2) is 34.9 Å². The van der Waals surface area contributed by atoms with E-state index in [2.05, 4.69) is 65.8 Å². The van der Waals surface area contributed by atoms with Gasteiger partial charge in [0.25, 0.3) is 0 Å². The molecule has 1 aromatic heterocycles. The van der Waals surface area contributed by atoms with Gasteiger partial charge in [-0.15, -0.1) is 0 Å². The molecule has 0 atom stereocenters. The average molecular weight is 319 g/mol. The van der Waals surface area contributed by atoms with E-state index in [-0.39, 0.29) is 0 Å². The molecule has 0 spiro atoms. The minimum atomic E-state index is 0.877. The van der Waals surface area contributed by atoms with Crippen molar-refractivity contribution < 1.29 is 0 Å². The molecule has 2 rings (SSSR count). The van der Waals surface area contributed by atoms with Crippen LogP contribution in [0.25, 0.3) is 0 Å². The summed E-state index contributed by atoms with van der Waals surface area (Å²) in [6.07, 6.45) is 1.83. The van der Waals surface area contributed by atoms with Crippen LogP contribution in [-0.2, 0) is 6.54 Å².